The van der Waals surface area contributed by atoms with Crippen molar-refractivity contribution in [1.82, 2.24) is 0 Å². The van der Waals surface area contributed by atoms with E-state index >= 15 is 0 Å². The Hall–Kier alpha value is -2.02. The molecule has 80 valence electrons. The number of nitrogens with zero attached hydrogens (tertiary/aromatic N) is 1. The highest BCUT2D eigenvalue weighted by Crippen LogP contribution is 2.28. The molecule has 2 aromatic rings. The fourth-order valence-corrected chi connectivity index (χ4v) is 1.74. The van der Waals surface area contributed by atoms with Crippen LogP contribution in [0.2, 0.25) is 0 Å². The summed E-state index contributed by atoms with van der Waals surface area (Å²) in [4.78, 5) is 2.14. The maximum absolute atomic E-state index is 4.03. The Morgan fingerprint density at radius 1 is 0.812 bits per heavy atom. The average Bonchev–Trinajstić information content (AvgIpc) is 2.31. The largest absolute Gasteiger partial charge is 0.315 e. The number of benzene rings is 2. The van der Waals surface area contributed by atoms with Crippen LogP contribution in [0.25, 0.3) is 0 Å². The van der Waals surface area contributed by atoms with Crippen LogP contribution in [0.1, 0.15) is 6.92 Å². The lowest BCUT2D eigenvalue weighted by molar-refractivity contribution is 1.17. The first kappa shape index (κ1) is 10.5. The Morgan fingerprint density at radius 3 is 1.50 bits per heavy atom. The van der Waals surface area contributed by atoms with Crippen molar-refractivity contribution >= 4 is 11.4 Å². The molecule has 0 saturated carbocycles. The molecule has 0 N–H and O–H groups in total. The number of hydrogen-bond donors (Lipinski definition) is 0. The van der Waals surface area contributed by atoms with Gasteiger partial charge in [-0.1, -0.05) is 43.0 Å². The predicted octanol–water partition coefficient (Wildman–Crippen LogP) is 4.36. The maximum Gasteiger partial charge on any atom is 0.0458 e. The van der Waals surface area contributed by atoms with Crippen LogP contribution in [0.3, 0.4) is 0 Å². The van der Waals surface area contributed by atoms with E-state index in [1.165, 1.54) is 0 Å². The van der Waals surface area contributed by atoms with E-state index in [1.807, 2.05) is 43.3 Å². The smallest absolute Gasteiger partial charge is 0.0458 e. The van der Waals surface area contributed by atoms with E-state index in [0.717, 1.165) is 17.1 Å². The number of hydrogen-bond acceptors (Lipinski definition) is 1. The van der Waals surface area contributed by atoms with Crippen LogP contribution in [0.15, 0.2) is 72.9 Å². The van der Waals surface area contributed by atoms with Crippen LogP contribution in [-0.4, -0.2) is 0 Å². The summed E-state index contributed by atoms with van der Waals surface area (Å²) in [6.45, 7) is 6.05. The van der Waals surface area contributed by atoms with Gasteiger partial charge in [0.25, 0.3) is 0 Å². The van der Waals surface area contributed by atoms with Crippen molar-refractivity contribution in [3.8, 4) is 0 Å². The summed E-state index contributed by atoms with van der Waals surface area (Å²) < 4.78 is 0. The molecular formula is C15H15N. The first-order valence-corrected chi connectivity index (χ1v) is 5.35. The highest BCUT2D eigenvalue weighted by Gasteiger charge is 2.08. The molecule has 0 radical (unpaired) electrons. The van der Waals surface area contributed by atoms with Crippen LogP contribution < -0.4 is 4.90 Å². The van der Waals surface area contributed by atoms with Crippen molar-refractivity contribution in [2.45, 2.75) is 6.92 Å². The van der Waals surface area contributed by atoms with Crippen molar-refractivity contribution in [2.24, 2.45) is 0 Å². The zero-order valence-electron chi connectivity index (χ0n) is 9.43. The van der Waals surface area contributed by atoms with Crippen molar-refractivity contribution in [3.63, 3.8) is 0 Å². The highest BCUT2D eigenvalue weighted by atomic mass is 15.1. The van der Waals surface area contributed by atoms with Crippen LogP contribution >= 0.6 is 0 Å². The van der Waals surface area contributed by atoms with Crippen LogP contribution in [-0.2, 0) is 0 Å². The lowest BCUT2D eigenvalue weighted by atomic mass is 10.2. The molecule has 0 aliphatic carbocycles. The first-order valence-electron chi connectivity index (χ1n) is 5.35. The maximum atomic E-state index is 4.03. The van der Waals surface area contributed by atoms with E-state index in [-0.39, 0.29) is 0 Å². The minimum absolute atomic E-state index is 1.01. The highest BCUT2D eigenvalue weighted by molar-refractivity contribution is 5.67. The summed E-state index contributed by atoms with van der Waals surface area (Å²) in [5.74, 6) is 0. The molecule has 16 heavy (non-hydrogen) atoms. The normalized spacial score (nSPS) is 9.81. The summed E-state index contributed by atoms with van der Waals surface area (Å²) in [5.41, 5.74) is 3.29. The van der Waals surface area contributed by atoms with E-state index < -0.39 is 0 Å². The number of para-hydroxylation sites is 2. The van der Waals surface area contributed by atoms with Gasteiger partial charge in [0, 0.05) is 17.1 Å². The lowest BCUT2D eigenvalue weighted by Crippen LogP contribution is -2.12. The zero-order valence-corrected chi connectivity index (χ0v) is 9.43. The molecule has 0 saturated heterocycles. The van der Waals surface area contributed by atoms with Gasteiger partial charge in [-0.15, -0.1) is 0 Å². The van der Waals surface area contributed by atoms with Gasteiger partial charge >= 0.3 is 0 Å². The molecule has 2 aromatic carbocycles. The standard InChI is InChI=1S/C15H15N/c1-13(2)16(14-9-5-3-6-10-14)15-11-7-4-8-12-15/h3-12H,1H2,2H3. The fourth-order valence-electron chi connectivity index (χ4n) is 1.74. The second-order valence-electron chi connectivity index (χ2n) is 3.74. The lowest BCUT2D eigenvalue weighted by Gasteiger charge is -2.24. The van der Waals surface area contributed by atoms with Crippen LogP contribution in [0, 0.1) is 0 Å². The summed E-state index contributed by atoms with van der Waals surface area (Å²) in [6.07, 6.45) is 0. The van der Waals surface area contributed by atoms with Gasteiger partial charge in [-0.2, -0.15) is 0 Å². The molecule has 0 unspecified atom stereocenters. The molecule has 1 nitrogen and oxygen atoms in total. The molecule has 1 heteroatoms. The van der Waals surface area contributed by atoms with Gasteiger partial charge in [0.15, 0.2) is 0 Å². The van der Waals surface area contributed by atoms with Crippen molar-refractivity contribution in [1.29, 1.82) is 0 Å². The molecule has 0 aromatic heterocycles. The van der Waals surface area contributed by atoms with E-state index in [4.69, 9.17) is 0 Å². The van der Waals surface area contributed by atoms with E-state index in [1.54, 1.807) is 0 Å². The van der Waals surface area contributed by atoms with Crippen LogP contribution in [0.5, 0.6) is 0 Å². The quantitative estimate of drug-likeness (QED) is 0.726. The molecule has 0 spiro atoms. The molecule has 0 aliphatic rings. The van der Waals surface area contributed by atoms with Crippen LogP contribution in [0.4, 0.5) is 11.4 Å². The van der Waals surface area contributed by atoms with Crippen molar-refractivity contribution in [2.75, 3.05) is 4.90 Å². The molecule has 0 aliphatic heterocycles. The average molecular weight is 209 g/mol. The third-order valence-electron chi connectivity index (χ3n) is 2.41. The van der Waals surface area contributed by atoms with Crippen molar-refractivity contribution in [3.05, 3.63) is 72.9 Å². The molecule has 0 bridgehead atoms. The molecule has 0 fully saturated rings. The van der Waals surface area contributed by atoms with E-state index in [9.17, 15) is 0 Å². The summed E-state index contributed by atoms with van der Waals surface area (Å²) >= 11 is 0. The molecule has 0 amide bonds. The SMILES string of the molecule is C=C(C)N(c1ccccc1)c1ccccc1. The van der Waals surface area contributed by atoms with Crippen molar-refractivity contribution < 1.29 is 0 Å². The Kier molecular flexibility index (Phi) is 3.06. The summed E-state index contributed by atoms with van der Waals surface area (Å²) in [5, 5.41) is 0. The van der Waals surface area contributed by atoms with Gasteiger partial charge in [0.1, 0.15) is 0 Å². The third kappa shape index (κ3) is 2.14. The first-order chi connectivity index (χ1) is 7.79. The number of anilines is 2. The molecule has 0 heterocycles. The molecule has 0 atom stereocenters. The zero-order chi connectivity index (χ0) is 11.4. The van der Waals surface area contributed by atoms with Gasteiger partial charge in [0.05, 0.1) is 0 Å². The topological polar surface area (TPSA) is 3.24 Å². The second kappa shape index (κ2) is 4.67. The van der Waals surface area contributed by atoms with Gasteiger partial charge < -0.3 is 4.90 Å². The predicted molar refractivity (Wildman–Crippen MR) is 69.8 cm³/mol. The Morgan fingerprint density at radius 2 is 1.19 bits per heavy atom. The Bertz CT molecular complexity index is 420. The van der Waals surface area contributed by atoms with Gasteiger partial charge in [-0.25, -0.2) is 0 Å². The minimum atomic E-state index is 1.01. The monoisotopic (exact) mass is 209 g/mol. The molecular weight excluding hydrogens is 194 g/mol. The molecule has 2 rings (SSSR count). The van der Waals surface area contributed by atoms with E-state index in [0.29, 0.717) is 0 Å². The fraction of sp³-hybridized carbons (Fsp3) is 0.0667. The minimum Gasteiger partial charge on any atom is -0.315 e. The summed E-state index contributed by atoms with van der Waals surface area (Å²) in [6, 6.07) is 20.5. The van der Waals surface area contributed by atoms with E-state index in [2.05, 4.69) is 35.7 Å². The Balaban J connectivity index is 2.44. The third-order valence-corrected chi connectivity index (χ3v) is 2.41. The van der Waals surface area contributed by atoms with Gasteiger partial charge in [-0.05, 0) is 31.2 Å². The Labute approximate surface area is 96.7 Å². The second-order valence-corrected chi connectivity index (χ2v) is 3.74. The van der Waals surface area contributed by atoms with Gasteiger partial charge in [0.2, 0.25) is 0 Å². The summed E-state index contributed by atoms with van der Waals surface area (Å²) in [7, 11) is 0. The number of rotatable bonds is 3. The van der Waals surface area contributed by atoms with Gasteiger partial charge in [-0.3, -0.25) is 0 Å². The number of allylic oxidation sites excluding steroid dienone is 1.